The zero-order chi connectivity index (χ0) is 19.0. The van der Waals surface area contributed by atoms with Gasteiger partial charge in [0, 0.05) is 66.7 Å². The van der Waals surface area contributed by atoms with Crippen LogP contribution >= 0.6 is 0 Å². The fourth-order valence-corrected chi connectivity index (χ4v) is 4.99. The Hall–Kier alpha value is -2.60. The highest BCUT2D eigenvalue weighted by molar-refractivity contribution is 5.98. The molecule has 2 aliphatic heterocycles. The number of benzene rings is 1. The number of hydrogen-bond donors (Lipinski definition) is 1. The smallest absolute Gasteiger partial charge is 0.253 e. The zero-order valence-electron chi connectivity index (χ0n) is 16.2. The Kier molecular flexibility index (Phi) is 4.43. The van der Waals surface area contributed by atoms with Crippen molar-refractivity contribution in [1.82, 2.24) is 24.6 Å². The van der Waals surface area contributed by atoms with Crippen LogP contribution < -0.4 is 0 Å². The van der Waals surface area contributed by atoms with Crippen LogP contribution in [-0.4, -0.2) is 63.2 Å². The first-order chi connectivity index (χ1) is 13.7. The molecule has 0 aliphatic carbocycles. The highest BCUT2D eigenvalue weighted by Gasteiger charge is 2.42. The van der Waals surface area contributed by atoms with Crippen LogP contribution in [0.25, 0.3) is 10.9 Å². The van der Waals surface area contributed by atoms with Crippen LogP contribution in [0.15, 0.2) is 48.9 Å². The van der Waals surface area contributed by atoms with Crippen LogP contribution in [0.2, 0.25) is 0 Å². The van der Waals surface area contributed by atoms with Gasteiger partial charge in [0.15, 0.2) is 0 Å². The molecule has 2 fully saturated rings. The van der Waals surface area contributed by atoms with Gasteiger partial charge in [-0.2, -0.15) is 5.10 Å². The van der Waals surface area contributed by atoms with E-state index in [-0.39, 0.29) is 11.3 Å². The van der Waals surface area contributed by atoms with E-state index in [1.807, 2.05) is 53.6 Å². The third-order valence-corrected chi connectivity index (χ3v) is 6.47. The minimum Gasteiger partial charge on any atom is -0.361 e. The molecule has 6 nitrogen and oxygen atoms in total. The van der Waals surface area contributed by atoms with Gasteiger partial charge in [-0.15, -0.1) is 0 Å². The second-order valence-corrected chi connectivity index (χ2v) is 8.41. The second-order valence-electron chi connectivity index (χ2n) is 8.41. The van der Waals surface area contributed by atoms with Crippen LogP contribution in [0.4, 0.5) is 0 Å². The van der Waals surface area contributed by atoms with E-state index in [0.717, 1.165) is 62.2 Å². The molecule has 1 N–H and O–H groups in total. The molecule has 28 heavy (non-hydrogen) atoms. The molecule has 146 valence electrons. The lowest BCUT2D eigenvalue weighted by atomic mass is 9.79. The van der Waals surface area contributed by atoms with Crippen molar-refractivity contribution < 1.29 is 4.79 Å². The summed E-state index contributed by atoms with van der Waals surface area (Å²) < 4.78 is 2.00. The number of piperidine rings is 1. The van der Waals surface area contributed by atoms with E-state index in [2.05, 4.69) is 19.9 Å². The summed E-state index contributed by atoms with van der Waals surface area (Å²) in [7, 11) is 0. The standard InChI is InChI=1S/C22H27N5O/c28-21(19-3-4-20-18(15-19)5-9-23-20)26-12-7-22(17-26)6-1-10-25(16-22)13-14-27-11-2-8-24-27/h2-5,8-9,11,15,23H,1,6-7,10,12-14,16-17H2. The molecular formula is C22H27N5O. The number of carbonyl (C=O) groups is 1. The lowest BCUT2D eigenvalue weighted by Crippen LogP contribution is -2.46. The Morgan fingerprint density at radius 3 is 3.00 bits per heavy atom. The minimum atomic E-state index is 0.175. The summed E-state index contributed by atoms with van der Waals surface area (Å²) in [5, 5.41) is 5.41. The first-order valence-corrected chi connectivity index (χ1v) is 10.3. The van der Waals surface area contributed by atoms with Crippen molar-refractivity contribution >= 4 is 16.8 Å². The molecule has 0 radical (unpaired) electrons. The van der Waals surface area contributed by atoms with Crippen molar-refractivity contribution in [2.24, 2.45) is 5.41 Å². The van der Waals surface area contributed by atoms with Crippen LogP contribution in [0.3, 0.4) is 0 Å². The van der Waals surface area contributed by atoms with Crippen LogP contribution in [0, 0.1) is 5.41 Å². The Bertz CT molecular complexity index is 962. The SMILES string of the molecule is O=C(c1ccc2[nH]ccc2c1)N1CCC2(CCCN(CCn3cccn3)C2)C1. The quantitative estimate of drug-likeness (QED) is 0.760. The molecule has 2 aromatic heterocycles. The average Bonchev–Trinajstić information content (AvgIpc) is 3.47. The molecule has 1 spiro atoms. The van der Waals surface area contributed by atoms with E-state index in [1.54, 1.807) is 0 Å². The summed E-state index contributed by atoms with van der Waals surface area (Å²) in [5.41, 5.74) is 2.14. The third kappa shape index (κ3) is 3.33. The van der Waals surface area contributed by atoms with E-state index in [9.17, 15) is 4.79 Å². The predicted molar refractivity (Wildman–Crippen MR) is 109 cm³/mol. The molecule has 0 bridgehead atoms. The average molecular weight is 377 g/mol. The van der Waals surface area contributed by atoms with Gasteiger partial charge in [-0.05, 0) is 56.1 Å². The van der Waals surface area contributed by atoms with Crippen molar-refractivity contribution in [2.75, 3.05) is 32.7 Å². The van der Waals surface area contributed by atoms with Crippen molar-refractivity contribution in [3.63, 3.8) is 0 Å². The van der Waals surface area contributed by atoms with Crippen molar-refractivity contribution in [2.45, 2.75) is 25.8 Å². The number of fused-ring (bicyclic) bond motifs is 1. The summed E-state index contributed by atoms with van der Waals surface area (Å²) in [4.78, 5) is 20.9. The highest BCUT2D eigenvalue weighted by atomic mass is 16.2. The highest BCUT2D eigenvalue weighted by Crippen LogP contribution is 2.39. The normalized spacial score (nSPS) is 23.1. The van der Waals surface area contributed by atoms with Crippen LogP contribution in [0.5, 0.6) is 0 Å². The van der Waals surface area contributed by atoms with Gasteiger partial charge in [0.25, 0.3) is 5.91 Å². The maximum atomic E-state index is 13.1. The Labute approximate surface area is 165 Å². The van der Waals surface area contributed by atoms with Gasteiger partial charge < -0.3 is 14.8 Å². The number of aromatic nitrogens is 3. The minimum absolute atomic E-state index is 0.175. The number of nitrogens with one attached hydrogen (secondary N) is 1. The van der Waals surface area contributed by atoms with Gasteiger partial charge in [-0.1, -0.05) is 0 Å². The number of aromatic amines is 1. The van der Waals surface area contributed by atoms with E-state index < -0.39 is 0 Å². The lowest BCUT2D eigenvalue weighted by molar-refractivity contribution is 0.0682. The number of carbonyl (C=O) groups excluding carboxylic acids is 1. The number of H-pyrrole nitrogens is 1. The first-order valence-electron chi connectivity index (χ1n) is 10.3. The number of rotatable bonds is 4. The summed E-state index contributed by atoms with van der Waals surface area (Å²) in [6.07, 6.45) is 9.34. The maximum Gasteiger partial charge on any atom is 0.253 e. The summed E-state index contributed by atoms with van der Waals surface area (Å²) in [5.74, 6) is 0.175. The Balaban J connectivity index is 1.24. The molecule has 0 saturated carbocycles. The van der Waals surface area contributed by atoms with E-state index in [1.165, 1.54) is 12.8 Å². The van der Waals surface area contributed by atoms with Crippen LogP contribution in [0.1, 0.15) is 29.6 Å². The lowest BCUT2D eigenvalue weighted by Gasteiger charge is -2.40. The van der Waals surface area contributed by atoms with Crippen LogP contribution in [-0.2, 0) is 6.54 Å². The second kappa shape index (κ2) is 7.09. The Morgan fingerprint density at radius 1 is 1.14 bits per heavy atom. The molecule has 1 atom stereocenters. The topological polar surface area (TPSA) is 57.2 Å². The maximum absolute atomic E-state index is 13.1. The van der Waals surface area contributed by atoms with Crippen molar-refractivity contribution in [3.05, 3.63) is 54.5 Å². The molecule has 3 aromatic rings. The molecule has 4 heterocycles. The number of nitrogens with zero attached hydrogens (tertiary/aromatic N) is 4. The molecule has 2 aliphatic rings. The van der Waals surface area contributed by atoms with Gasteiger partial charge in [0.1, 0.15) is 0 Å². The molecule has 2 saturated heterocycles. The van der Waals surface area contributed by atoms with Gasteiger partial charge in [-0.3, -0.25) is 9.48 Å². The zero-order valence-corrected chi connectivity index (χ0v) is 16.2. The molecule has 6 heteroatoms. The summed E-state index contributed by atoms with van der Waals surface area (Å²) >= 11 is 0. The third-order valence-electron chi connectivity index (χ3n) is 6.47. The van der Waals surface area contributed by atoms with E-state index in [0.29, 0.717) is 0 Å². The fourth-order valence-electron chi connectivity index (χ4n) is 4.99. The summed E-state index contributed by atoms with van der Waals surface area (Å²) in [6, 6.07) is 9.96. The number of likely N-dealkylation sites (tertiary alicyclic amines) is 2. The van der Waals surface area contributed by atoms with E-state index >= 15 is 0 Å². The molecular weight excluding hydrogens is 350 g/mol. The van der Waals surface area contributed by atoms with Gasteiger partial charge in [-0.25, -0.2) is 0 Å². The Morgan fingerprint density at radius 2 is 2.11 bits per heavy atom. The summed E-state index contributed by atoms with van der Waals surface area (Å²) in [6.45, 7) is 5.96. The monoisotopic (exact) mass is 377 g/mol. The van der Waals surface area contributed by atoms with Gasteiger partial charge in [0.2, 0.25) is 0 Å². The van der Waals surface area contributed by atoms with Gasteiger partial charge >= 0.3 is 0 Å². The van der Waals surface area contributed by atoms with Crippen molar-refractivity contribution in [1.29, 1.82) is 0 Å². The molecule has 1 amide bonds. The largest absolute Gasteiger partial charge is 0.361 e. The molecule has 5 rings (SSSR count). The van der Waals surface area contributed by atoms with E-state index in [4.69, 9.17) is 0 Å². The molecule has 1 aromatic carbocycles. The number of amides is 1. The van der Waals surface area contributed by atoms with Crippen molar-refractivity contribution in [3.8, 4) is 0 Å². The molecule has 1 unspecified atom stereocenters. The van der Waals surface area contributed by atoms with Gasteiger partial charge in [0.05, 0.1) is 6.54 Å². The predicted octanol–water partition coefficient (Wildman–Crippen LogP) is 2.99. The first kappa shape index (κ1) is 17.5. The fraction of sp³-hybridized carbons (Fsp3) is 0.455. The number of hydrogen-bond acceptors (Lipinski definition) is 3.